The number of nitrogens with zero attached hydrogens (tertiary/aromatic N) is 3. The van der Waals surface area contributed by atoms with E-state index in [0.29, 0.717) is 37.1 Å². The van der Waals surface area contributed by atoms with E-state index in [1.807, 2.05) is 48.5 Å². The molecule has 6 amide bonds. The molecule has 0 spiro atoms. The molecule has 4 aromatic carbocycles. The fraction of sp³-hybridized carbons (Fsp3) is 0.439. The van der Waals surface area contributed by atoms with Crippen molar-refractivity contribution in [1.82, 2.24) is 25.3 Å². The molecule has 16 nitrogen and oxygen atoms in total. The quantitative estimate of drug-likeness (QED) is 0.0417. The fourth-order valence-electron chi connectivity index (χ4n) is 10.8. The predicted molar refractivity (Wildman–Crippen MR) is 277 cm³/mol. The number of imide groups is 1. The molecule has 4 aromatic rings. The van der Waals surface area contributed by atoms with Gasteiger partial charge in [-0.2, -0.15) is 8.78 Å². The lowest BCUT2D eigenvalue weighted by atomic mass is 9.85. The van der Waals surface area contributed by atoms with E-state index in [2.05, 4.69) is 22.5 Å². The molecule has 0 bridgehead atoms. The van der Waals surface area contributed by atoms with Crippen LogP contribution >= 0.6 is 7.60 Å². The van der Waals surface area contributed by atoms with Gasteiger partial charge in [0.25, 0.3) is 5.91 Å². The van der Waals surface area contributed by atoms with Gasteiger partial charge in [-0.25, -0.2) is 0 Å². The lowest BCUT2D eigenvalue weighted by Crippen LogP contribution is -2.58. The van der Waals surface area contributed by atoms with Crippen LogP contribution in [0.4, 0.5) is 8.78 Å². The molecule has 0 radical (unpaired) electrons. The van der Waals surface area contributed by atoms with Gasteiger partial charge >= 0.3 is 13.3 Å². The maximum Gasteiger partial charge on any atom is 0.399 e. The minimum atomic E-state index is -5.84. The molecule has 3 saturated heterocycles. The Morgan fingerprint density at radius 1 is 0.961 bits per heavy atom. The van der Waals surface area contributed by atoms with Crippen LogP contribution in [-0.4, -0.2) is 117 Å². The van der Waals surface area contributed by atoms with Gasteiger partial charge in [0.15, 0.2) is 0 Å². The number of amides is 6. The number of fused-ring (bicyclic) bond motifs is 3. The number of likely N-dealkylation sites (tertiary alicyclic amines) is 1. The number of halogens is 2. The Labute approximate surface area is 439 Å². The summed E-state index contributed by atoms with van der Waals surface area (Å²) in [6, 6.07) is 19.7. The fourth-order valence-corrected chi connectivity index (χ4v) is 11.3. The topological polar surface area (TPSA) is 212 Å². The maximum absolute atomic E-state index is 15.0. The van der Waals surface area contributed by atoms with Crippen molar-refractivity contribution in [3.63, 3.8) is 0 Å². The highest BCUT2D eigenvalue weighted by atomic mass is 31.2. The van der Waals surface area contributed by atoms with Gasteiger partial charge in [-0.05, 0) is 82.0 Å². The minimum Gasteiger partial charge on any atom is -0.376 e. The lowest BCUT2D eigenvalue weighted by molar-refractivity contribution is -0.151. The van der Waals surface area contributed by atoms with E-state index in [1.54, 1.807) is 37.8 Å². The second-order valence-corrected chi connectivity index (χ2v) is 22.9. The van der Waals surface area contributed by atoms with E-state index in [1.165, 1.54) is 21.9 Å². The smallest absolute Gasteiger partial charge is 0.376 e. The number of unbranched alkanes of at least 4 members (excludes halogenated alkanes) is 4. The molecule has 76 heavy (non-hydrogen) atoms. The number of piperidine rings is 1. The number of nitrogens with one attached hydrogen (secondary N) is 2. The van der Waals surface area contributed by atoms with Crippen molar-refractivity contribution in [2.24, 2.45) is 5.41 Å². The maximum atomic E-state index is 15.0. The largest absolute Gasteiger partial charge is 0.399 e. The van der Waals surface area contributed by atoms with Crippen molar-refractivity contribution in [2.45, 2.75) is 121 Å². The van der Waals surface area contributed by atoms with Crippen LogP contribution in [0.15, 0.2) is 84.4 Å². The third-order valence-corrected chi connectivity index (χ3v) is 16.0. The van der Waals surface area contributed by atoms with E-state index < -0.39 is 72.3 Å². The Morgan fingerprint density at radius 2 is 1.72 bits per heavy atom. The van der Waals surface area contributed by atoms with Gasteiger partial charge in [-0.1, -0.05) is 106 Å². The van der Waals surface area contributed by atoms with Gasteiger partial charge in [-0.15, -0.1) is 0 Å². The summed E-state index contributed by atoms with van der Waals surface area (Å²) in [6.07, 6.45) is 5.05. The average Bonchev–Trinajstić information content (AvgIpc) is 4.13. The highest BCUT2D eigenvalue weighted by Gasteiger charge is 2.51. The second kappa shape index (κ2) is 22.2. The van der Waals surface area contributed by atoms with Crippen LogP contribution in [0.3, 0.4) is 0 Å². The minimum absolute atomic E-state index is 0.0319. The predicted octanol–water partition coefficient (Wildman–Crippen LogP) is 6.89. The van der Waals surface area contributed by atoms with Gasteiger partial charge in [0.05, 0.1) is 19.3 Å². The summed E-state index contributed by atoms with van der Waals surface area (Å²) in [5, 5.41) is 7.28. The molecule has 9 rings (SSSR count). The van der Waals surface area contributed by atoms with E-state index in [9.17, 15) is 51.9 Å². The van der Waals surface area contributed by atoms with Crippen molar-refractivity contribution >= 4 is 59.9 Å². The number of benzene rings is 4. The van der Waals surface area contributed by atoms with Crippen LogP contribution in [-0.2, 0) is 56.6 Å². The van der Waals surface area contributed by atoms with E-state index >= 15 is 0 Å². The van der Waals surface area contributed by atoms with Gasteiger partial charge in [0, 0.05) is 74.2 Å². The van der Waals surface area contributed by atoms with Gasteiger partial charge in [0.1, 0.15) is 24.2 Å². The van der Waals surface area contributed by atoms with E-state index in [4.69, 9.17) is 9.47 Å². The zero-order valence-electron chi connectivity index (χ0n) is 42.7. The first-order chi connectivity index (χ1) is 36.2. The van der Waals surface area contributed by atoms with Crippen LogP contribution < -0.4 is 10.6 Å². The zero-order valence-corrected chi connectivity index (χ0v) is 43.6. The molecule has 19 heteroatoms. The van der Waals surface area contributed by atoms with Crippen LogP contribution in [0.2, 0.25) is 0 Å². The Balaban J connectivity index is 0.840. The third-order valence-electron chi connectivity index (χ3n) is 15.0. The first-order valence-electron chi connectivity index (χ1n) is 25.8. The molecule has 4 aliphatic heterocycles. The number of hydrogen-bond donors (Lipinski definition) is 4. The molecule has 0 aromatic heterocycles. The molecule has 4 heterocycles. The monoisotopic (exact) mass is 1060 g/mol. The highest BCUT2D eigenvalue weighted by Crippen LogP contribution is 2.59. The summed E-state index contributed by atoms with van der Waals surface area (Å²) in [4.78, 5) is 105. The molecule has 5 atom stereocenters. The second-order valence-electron chi connectivity index (χ2n) is 21.3. The SMILES string of the molecule is CC(C)(C)[C@H](NC(=O)C1=Cc2cc(C(F)(F)P(=O)(O)O)ccc2C1)C(=O)N1C[C@@H](OCCCCCCC#Cc2cccc3c2CN(C2CCC(=O)NC2=O)C3=O)C[C@H]1C(=O)N1CCOC(c2cccc3ccccc23)C1. The van der Waals surface area contributed by atoms with E-state index in [0.717, 1.165) is 58.9 Å². The third kappa shape index (κ3) is 11.4. The average molecular weight is 1060 g/mol. The van der Waals surface area contributed by atoms with Crippen LogP contribution in [0.5, 0.6) is 0 Å². The van der Waals surface area contributed by atoms with Crippen molar-refractivity contribution in [1.29, 1.82) is 0 Å². The molecule has 4 N–H and O–H groups in total. The first-order valence-corrected chi connectivity index (χ1v) is 27.4. The van der Waals surface area contributed by atoms with Gasteiger partial charge in [0.2, 0.25) is 29.5 Å². The molecular formula is C57H62F2N5O11P. The molecule has 400 valence electrons. The van der Waals surface area contributed by atoms with Gasteiger partial charge < -0.3 is 39.3 Å². The summed E-state index contributed by atoms with van der Waals surface area (Å²) in [7, 11) is -5.84. The molecule has 3 fully saturated rings. The summed E-state index contributed by atoms with van der Waals surface area (Å²) >= 11 is 0. The first kappa shape index (κ1) is 54.2. The van der Waals surface area contributed by atoms with Gasteiger partial charge in [-0.3, -0.25) is 38.6 Å². The highest BCUT2D eigenvalue weighted by molar-refractivity contribution is 7.52. The molecule has 1 aliphatic carbocycles. The summed E-state index contributed by atoms with van der Waals surface area (Å²) in [6.45, 7) is 6.95. The Morgan fingerprint density at radius 3 is 2.50 bits per heavy atom. The number of morpholine rings is 1. The van der Waals surface area contributed by atoms with Crippen LogP contribution in [0, 0.1) is 17.3 Å². The summed E-state index contributed by atoms with van der Waals surface area (Å²) < 4.78 is 53.6. The lowest BCUT2D eigenvalue weighted by Gasteiger charge is -2.38. The van der Waals surface area contributed by atoms with Crippen molar-refractivity contribution in [3.05, 3.63) is 123 Å². The molecular weight excluding hydrogens is 1000 g/mol. The Kier molecular flexibility index (Phi) is 15.8. The summed E-state index contributed by atoms with van der Waals surface area (Å²) in [5.74, 6) is 4.04. The standard InChI is InChI=1S/C57H62F2N5O11P/c1-56(2,3)50(61-51(66)39-28-37-21-22-40(30-38(37)29-39)57(58,59)76(71,72)73)55(70)63-32-41(31-47(63)54(69)62-25-27-75-48(34-62)43-19-12-16-35-15-9-10-18-42(35)43)74-26-11-7-5-4-6-8-14-36-17-13-20-44-45(36)33-64(53(44)68)46-23-24-49(65)60-52(46)67/h9-10,12-13,15-22,29-30,41,46-48,50H,4-7,11,23-28,31-34H2,1-3H3,(H,61,66)(H,60,65,67)(H2,71,72,73)/t41-,46?,47-,48?,50+/m0/s1. The molecule has 0 saturated carbocycles. The number of hydrogen-bond acceptors (Lipinski definition) is 9. The Hall–Kier alpha value is -6.61. The number of rotatable bonds is 15. The molecule has 2 unspecified atom stereocenters. The van der Waals surface area contributed by atoms with Crippen LogP contribution in [0.25, 0.3) is 16.8 Å². The van der Waals surface area contributed by atoms with Crippen LogP contribution in [0.1, 0.15) is 122 Å². The zero-order chi connectivity index (χ0) is 54.1. The number of ether oxygens (including phenoxy) is 2. The number of carbonyl (C=O) groups is 6. The van der Waals surface area contributed by atoms with Crippen molar-refractivity contribution in [3.8, 4) is 11.8 Å². The number of alkyl halides is 2. The molecule has 5 aliphatic rings. The Bertz CT molecular complexity index is 3120. The normalized spacial score (nSPS) is 21.2. The summed E-state index contributed by atoms with van der Waals surface area (Å²) in [5.41, 5.74) is -2.35. The van der Waals surface area contributed by atoms with E-state index in [-0.39, 0.29) is 80.8 Å². The van der Waals surface area contributed by atoms with Crippen molar-refractivity contribution < 1.29 is 61.4 Å². The van der Waals surface area contributed by atoms with Crippen molar-refractivity contribution in [2.75, 3.05) is 32.8 Å². The number of carbonyl (C=O) groups excluding carboxylic acids is 6.